The van der Waals surface area contributed by atoms with Gasteiger partial charge in [-0.2, -0.15) is 0 Å². The fourth-order valence-electron chi connectivity index (χ4n) is 1.37. The Morgan fingerprint density at radius 3 is 1.50 bits per heavy atom. The highest BCUT2D eigenvalue weighted by atomic mass is 29.2. The molecule has 0 unspecified atom stereocenters. The molecule has 62 valence electrons. The molecule has 0 bridgehead atoms. The second kappa shape index (κ2) is 5.47. The van der Waals surface area contributed by atoms with E-state index in [0.717, 1.165) is 0 Å². The Morgan fingerprint density at radius 2 is 1.40 bits per heavy atom. The van der Waals surface area contributed by atoms with Gasteiger partial charge < -0.3 is 3.90 Å². The van der Waals surface area contributed by atoms with Crippen molar-refractivity contribution in [3.05, 3.63) is 0 Å². The Bertz CT molecular complexity index is 77.7. The number of nitrogens with zero attached hydrogens (tertiary/aromatic N) is 1. The van der Waals surface area contributed by atoms with E-state index in [1.165, 1.54) is 0 Å². The zero-order valence-corrected chi connectivity index (χ0v) is 13.2. The predicted octanol–water partition coefficient (Wildman–Crippen LogP) is -0.529. The van der Waals surface area contributed by atoms with E-state index >= 15 is 0 Å². The summed E-state index contributed by atoms with van der Waals surface area (Å²) in [6.45, 7) is 12.4. The zero-order valence-electron chi connectivity index (χ0n) is 8.02. The summed E-state index contributed by atoms with van der Waals surface area (Å²) in [5.74, 6) is 0. The highest BCUT2D eigenvalue weighted by Crippen LogP contribution is 1.95. The molecule has 5 heteroatoms. The molecule has 0 rings (SSSR count). The normalized spacial score (nSPS) is 14.4. The van der Waals surface area contributed by atoms with E-state index in [4.69, 9.17) is 0 Å². The predicted molar refractivity (Wildman–Crippen MR) is 62.5 cm³/mol. The molecule has 0 aliphatic carbocycles. The van der Waals surface area contributed by atoms with E-state index in [1.807, 2.05) is 0 Å². The first-order valence-electron chi connectivity index (χ1n) is 4.35. The third-order valence-corrected chi connectivity index (χ3v) is 20.9. The minimum absolute atomic E-state index is 0.336. The van der Waals surface area contributed by atoms with Gasteiger partial charge in [0.05, 0.1) is 27.1 Å². The fourth-order valence-corrected chi connectivity index (χ4v) is 26.3. The van der Waals surface area contributed by atoms with Crippen LogP contribution in [0.5, 0.6) is 0 Å². The van der Waals surface area contributed by atoms with Crippen LogP contribution in [0.25, 0.3) is 0 Å². The smallest absolute Gasteiger partial charge is 0.0909 e. The van der Waals surface area contributed by atoms with Gasteiger partial charge in [0.25, 0.3) is 0 Å². The lowest BCUT2D eigenvalue weighted by Crippen LogP contribution is -2.47. The van der Waals surface area contributed by atoms with Gasteiger partial charge in [-0.05, 0) is 0 Å². The second-order valence-electron chi connectivity index (χ2n) is 3.43. The maximum Gasteiger partial charge on any atom is 0.0909 e. The van der Waals surface area contributed by atoms with E-state index in [1.54, 1.807) is 0 Å². The van der Waals surface area contributed by atoms with Gasteiger partial charge in [-0.25, -0.2) is 0 Å². The standard InChI is InChI=1S/C5H21NSi4/c1-7-8-6(9(2)3)10(4)5/h9-10H,7-8H2,1-5H3. The van der Waals surface area contributed by atoms with Crippen LogP contribution in [0.4, 0.5) is 0 Å². The van der Waals surface area contributed by atoms with Gasteiger partial charge in [0.2, 0.25) is 0 Å². The van der Waals surface area contributed by atoms with Crippen LogP contribution in [-0.2, 0) is 0 Å². The van der Waals surface area contributed by atoms with Crippen LogP contribution in [0.3, 0.4) is 0 Å². The van der Waals surface area contributed by atoms with Gasteiger partial charge in [0.15, 0.2) is 0 Å². The monoisotopic (exact) mass is 207 g/mol. The van der Waals surface area contributed by atoms with Crippen molar-refractivity contribution in [1.29, 1.82) is 0 Å². The maximum atomic E-state index is 2.99. The van der Waals surface area contributed by atoms with Gasteiger partial charge in [-0.3, -0.25) is 0 Å². The van der Waals surface area contributed by atoms with Crippen LogP contribution >= 0.6 is 0 Å². The molecule has 0 fully saturated rings. The summed E-state index contributed by atoms with van der Waals surface area (Å²) in [7, 11) is 0.0127. The Hall–Kier alpha value is 0.828. The van der Waals surface area contributed by atoms with Crippen LogP contribution in [-0.4, -0.2) is 40.0 Å². The average molecular weight is 208 g/mol. The topological polar surface area (TPSA) is 3.24 Å². The summed E-state index contributed by atoms with van der Waals surface area (Å²) in [5, 5.41) is 0. The highest BCUT2D eigenvalue weighted by Gasteiger charge is 2.12. The van der Waals surface area contributed by atoms with Crippen molar-refractivity contribution in [3.8, 4) is 0 Å². The van der Waals surface area contributed by atoms with Gasteiger partial charge in [0.1, 0.15) is 0 Å². The van der Waals surface area contributed by atoms with Crippen molar-refractivity contribution in [3.63, 3.8) is 0 Å². The van der Waals surface area contributed by atoms with Crippen LogP contribution in [0, 0.1) is 0 Å². The fraction of sp³-hybridized carbons (Fsp3) is 1.00. The minimum Gasteiger partial charge on any atom is -0.381 e. The largest absolute Gasteiger partial charge is 0.381 e. The summed E-state index contributed by atoms with van der Waals surface area (Å²) in [5.41, 5.74) is 0. The molecule has 10 heavy (non-hydrogen) atoms. The molecule has 0 aromatic rings. The first-order valence-corrected chi connectivity index (χ1v) is 16.0. The van der Waals surface area contributed by atoms with Crippen molar-refractivity contribution >= 4 is 36.2 Å². The van der Waals surface area contributed by atoms with E-state index in [9.17, 15) is 0 Å². The van der Waals surface area contributed by atoms with Crippen molar-refractivity contribution in [2.75, 3.05) is 0 Å². The summed E-state index contributed by atoms with van der Waals surface area (Å²) < 4.78 is 2.99. The molecular formula is C5H21NSi4. The Labute approximate surface area is 73.1 Å². The number of hydrogen-bond acceptors (Lipinski definition) is 1. The molecule has 0 aliphatic rings. The van der Waals surface area contributed by atoms with Crippen molar-refractivity contribution in [2.24, 2.45) is 0 Å². The van der Waals surface area contributed by atoms with E-state index in [0.29, 0.717) is 18.2 Å². The molecular weight excluding hydrogens is 186 g/mol. The molecule has 0 saturated heterocycles. The molecule has 0 radical (unpaired) electrons. The molecule has 0 aromatic carbocycles. The lowest BCUT2D eigenvalue weighted by Gasteiger charge is -2.28. The van der Waals surface area contributed by atoms with Gasteiger partial charge >= 0.3 is 0 Å². The van der Waals surface area contributed by atoms with E-state index < -0.39 is 0 Å². The molecule has 0 N–H and O–H groups in total. The van der Waals surface area contributed by atoms with Crippen molar-refractivity contribution in [1.82, 2.24) is 3.90 Å². The first kappa shape index (κ1) is 10.8. The summed E-state index contributed by atoms with van der Waals surface area (Å²) in [6, 6.07) is 0. The summed E-state index contributed by atoms with van der Waals surface area (Å²) in [4.78, 5) is 0. The van der Waals surface area contributed by atoms with Crippen LogP contribution in [0.2, 0.25) is 32.7 Å². The second-order valence-corrected chi connectivity index (χ2v) is 17.7. The van der Waals surface area contributed by atoms with E-state index in [2.05, 4.69) is 36.6 Å². The molecule has 0 heterocycles. The third-order valence-electron chi connectivity index (χ3n) is 1.81. The molecule has 0 spiro atoms. The minimum atomic E-state index is -0.369. The molecule has 0 amide bonds. The zero-order chi connectivity index (χ0) is 8.15. The van der Waals surface area contributed by atoms with Crippen LogP contribution in [0.15, 0.2) is 0 Å². The van der Waals surface area contributed by atoms with E-state index in [-0.39, 0.29) is 17.9 Å². The Morgan fingerprint density at radius 1 is 1.00 bits per heavy atom. The van der Waals surface area contributed by atoms with Crippen molar-refractivity contribution in [2.45, 2.75) is 32.7 Å². The van der Waals surface area contributed by atoms with Crippen LogP contribution < -0.4 is 0 Å². The van der Waals surface area contributed by atoms with Gasteiger partial charge in [-0.1, -0.05) is 32.7 Å². The summed E-state index contributed by atoms with van der Waals surface area (Å²) in [6.07, 6.45) is 0. The lowest BCUT2D eigenvalue weighted by atomic mass is 11.9. The van der Waals surface area contributed by atoms with Crippen LogP contribution in [0.1, 0.15) is 0 Å². The Kier molecular flexibility index (Phi) is 5.93. The summed E-state index contributed by atoms with van der Waals surface area (Å²) >= 11 is 0. The molecule has 0 aromatic heterocycles. The SMILES string of the molecule is C[SiH2][SiH2]N([SiH](C)C)[SiH](C)C. The number of hydrogen-bond donors (Lipinski definition) is 0. The first-order chi connectivity index (χ1) is 4.59. The lowest BCUT2D eigenvalue weighted by molar-refractivity contribution is 1.04. The molecule has 0 saturated carbocycles. The Balaban J connectivity index is 3.73. The molecule has 0 atom stereocenters. The third kappa shape index (κ3) is 3.87. The average Bonchev–Trinajstić information content (AvgIpc) is 1.81. The van der Waals surface area contributed by atoms with Gasteiger partial charge in [-0.15, -0.1) is 0 Å². The van der Waals surface area contributed by atoms with Gasteiger partial charge in [0, 0.05) is 9.04 Å². The maximum absolute atomic E-state index is 2.99. The van der Waals surface area contributed by atoms with Crippen molar-refractivity contribution < 1.29 is 0 Å². The molecule has 0 aliphatic heterocycles. The quantitative estimate of drug-likeness (QED) is 0.561. The molecule has 1 nitrogen and oxygen atoms in total. The highest BCUT2D eigenvalue weighted by molar-refractivity contribution is 7.05. The number of rotatable bonds is 4.